The molecular formula is C32H54BrNO. The van der Waals surface area contributed by atoms with Gasteiger partial charge in [0, 0.05) is 6.04 Å². The summed E-state index contributed by atoms with van der Waals surface area (Å²) >= 11 is 3.37. The summed E-state index contributed by atoms with van der Waals surface area (Å²) < 4.78 is 0. The van der Waals surface area contributed by atoms with Gasteiger partial charge in [-0.05, 0) is 127 Å². The first-order valence-electron chi connectivity index (χ1n) is 15.0. The van der Waals surface area contributed by atoms with Crippen LogP contribution >= 0.6 is 15.9 Å². The molecule has 5 aliphatic carbocycles. The minimum atomic E-state index is 0.154. The van der Waals surface area contributed by atoms with E-state index in [2.05, 4.69) is 76.6 Å². The second-order valence-corrected chi connectivity index (χ2v) is 17.0. The second-order valence-electron chi connectivity index (χ2n) is 16.4. The number of amides is 1. The normalized spacial score (nSPS) is 52.3. The largest absolute Gasteiger partial charge is 0.352 e. The van der Waals surface area contributed by atoms with Crippen LogP contribution in [-0.4, -0.2) is 17.3 Å². The maximum absolute atomic E-state index is 12.3. The number of nitrogens with one attached hydrogen (secondary N) is 1. The molecule has 2 unspecified atom stereocenters. The molecular weight excluding hydrogens is 494 g/mol. The van der Waals surface area contributed by atoms with Crippen molar-refractivity contribution in [1.29, 1.82) is 0 Å². The van der Waals surface area contributed by atoms with Gasteiger partial charge in [0.25, 0.3) is 0 Å². The highest BCUT2D eigenvalue weighted by atomic mass is 79.9. The van der Waals surface area contributed by atoms with Crippen LogP contribution in [0.1, 0.15) is 126 Å². The fourth-order valence-corrected chi connectivity index (χ4v) is 12.0. The Labute approximate surface area is 225 Å². The first kappa shape index (κ1) is 26.6. The summed E-state index contributed by atoms with van der Waals surface area (Å²) in [7, 11) is 0. The molecule has 0 aromatic heterocycles. The predicted molar refractivity (Wildman–Crippen MR) is 150 cm³/mol. The summed E-state index contributed by atoms with van der Waals surface area (Å²) in [6, 6.07) is 0.307. The number of carbonyl (C=O) groups excluding carboxylic acids is 1. The molecule has 35 heavy (non-hydrogen) atoms. The van der Waals surface area contributed by atoms with Crippen LogP contribution in [0.25, 0.3) is 0 Å². The van der Waals surface area contributed by atoms with Gasteiger partial charge < -0.3 is 5.32 Å². The molecule has 1 amide bonds. The van der Waals surface area contributed by atoms with Crippen molar-refractivity contribution in [3.8, 4) is 0 Å². The van der Waals surface area contributed by atoms with Gasteiger partial charge in [0.15, 0.2) is 0 Å². The molecule has 5 fully saturated rings. The van der Waals surface area contributed by atoms with Crippen LogP contribution in [0, 0.1) is 56.2 Å². The molecule has 0 heterocycles. The van der Waals surface area contributed by atoms with Crippen LogP contribution in [-0.2, 0) is 4.79 Å². The van der Waals surface area contributed by atoms with Crippen molar-refractivity contribution < 1.29 is 4.79 Å². The summed E-state index contributed by atoms with van der Waals surface area (Å²) in [6.07, 6.45) is 15.3. The van der Waals surface area contributed by atoms with E-state index in [1.54, 1.807) is 0 Å². The average molecular weight is 549 g/mol. The number of hydrogen-bond acceptors (Lipinski definition) is 1. The number of rotatable bonds is 2. The predicted octanol–water partition coefficient (Wildman–Crippen LogP) is 8.77. The molecule has 3 heteroatoms. The van der Waals surface area contributed by atoms with E-state index in [-0.39, 0.29) is 11.3 Å². The van der Waals surface area contributed by atoms with Crippen molar-refractivity contribution in [2.45, 2.75) is 132 Å². The van der Waals surface area contributed by atoms with Gasteiger partial charge >= 0.3 is 0 Å². The van der Waals surface area contributed by atoms with Gasteiger partial charge in [0.05, 0.1) is 5.33 Å². The summed E-state index contributed by atoms with van der Waals surface area (Å²) in [6.45, 7) is 20.9. The fraction of sp³-hybridized carbons (Fsp3) is 0.969. The van der Waals surface area contributed by atoms with Gasteiger partial charge in [-0.2, -0.15) is 0 Å². The maximum Gasteiger partial charge on any atom is 0.230 e. The SMILES string of the molecule is CC1(C)CC[C@]2(C)CC[C@]3(C)[C@H](CC[C@@H]4[C@@]5(C)CCC(NC(=O)CBr)C(C)(C)C5CC[C@]43C)[C@H]2C1. The van der Waals surface area contributed by atoms with Gasteiger partial charge in [0.2, 0.25) is 5.91 Å². The van der Waals surface area contributed by atoms with E-state index in [9.17, 15) is 4.79 Å². The number of carbonyl (C=O) groups is 1. The zero-order valence-corrected chi connectivity index (χ0v) is 25.7. The Kier molecular flexibility index (Phi) is 6.24. The van der Waals surface area contributed by atoms with Gasteiger partial charge in [-0.15, -0.1) is 0 Å². The van der Waals surface area contributed by atoms with E-state index >= 15 is 0 Å². The molecule has 5 rings (SSSR count). The first-order valence-corrected chi connectivity index (χ1v) is 16.1. The number of fused-ring (bicyclic) bond motifs is 7. The molecule has 2 nitrogen and oxygen atoms in total. The molecule has 0 aromatic rings. The lowest BCUT2D eigenvalue weighted by Crippen LogP contribution is -2.68. The van der Waals surface area contributed by atoms with E-state index in [1.807, 2.05) is 0 Å². The number of halogens is 1. The van der Waals surface area contributed by atoms with Crippen LogP contribution in [0.15, 0.2) is 0 Å². The van der Waals surface area contributed by atoms with E-state index < -0.39 is 0 Å². The standard InChI is InChI=1S/C32H54BrNO/c1-27(2)15-16-29(5)17-18-31(7)21(22(29)19-27)9-10-24-30(6)13-12-25(34-26(35)20-33)28(3,4)23(30)11-14-32(24,31)8/h21-25H,9-20H2,1-8H3,(H,34,35)/t21-,22-,23?,24-,25?,29-,30+,31-,32-/m1/s1. The summed E-state index contributed by atoms with van der Waals surface area (Å²) in [5.74, 6) is 3.50. The maximum atomic E-state index is 12.3. The molecule has 0 radical (unpaired) electrons. The monoisotopic (exact) mass is 547 g/mol. The van der Waals surface area contributed by atoms with Crippen LogP contribution in [0.4, 0.5) is 0 Å². The van der Waals surface area contributed by atoms with Crippen molar-refractivity contribution >= 4 is 21.8 Å². The Balaban J connectivity index is 1.46. The van der Waals surface area contributed by atoms with Gasteiger partial charge in [-0.25, -0.2) is 0 Å². The lowest BCUT2D eigenvalue weighted by molar-refractivity contribution is -0.245. The Morgan fingerprint density at radius 3 is 2.11 bits per heavy atom. The Bertz CT molecular complexity index is 866. The average Bonchev–Trinajstić information content (AvgIpc) is 2.77. The summed E-state index contributed by atoms with van der Waals surface area (Å²) in [4.78, 5) is 12.3. The third-order valence-electron chi connectivity index (χ3n) is 14.2. The van der Waals surface area contributed by atoms with Crippen molar-refractivity contribution in [1.82, 2.24) is 5.32 Å². The molecule has 0 aromatic carbocycles. The topological polar surface area (TPSA) is 29.1 Å². The summed E-state index contributed by atoms with van der Waals surface area (Å²) in [5.41, 5.74) is 2.58. The van der Waals surface area contributed by atoms with Gasteiger partial charge in [-0.1, -0.05) is 71.3 Å². The molecule has 0 aliphatic heterocycles. The lowest BCUT2D eigenvalue weighted by Gasteiger charge is -2.74. The molecule has 0 saturated heterocycles. The molecule has 5 saturated carbocycles. The van der Waals surface area contributed by atoms with E-state index in [1.165, 1.54) is 64.2 Å². The molecule has 5 aliphatic rings. The third-order valence-corrected chi connectivity index (χ3v) is 14.7. The number of alkyl halides is 1. The zero-order chi connectivity index (χ0) is 25.7. The quantitative estimate of drug-likeness (QED) is 0.343. The minimum Gasteiger partial charge on any atom is -0.352 e. The first-order chi connectivity index (χ1) is 16.1. The van der Waals surface area contributed by atoms with E-state index in [0.717, 1.165) is 24.2 Å². The molecule has 0 spiro atoms. The van der Waals surface area contributed by atoms with Crippen LogP contribution in [0.3, 0.4) is 0 Å². The Hall–Kier alpha value is -0.0500. The van der Waals surface area contributed by atoms with Crippen molar-refractivity contribution in [3.63, 3.8) is 0 Å². The molecule has 9 atom stereocenters. The molecule has 200 valence electrons. The molecule has 0 bridgehead atoms. The zero-order valence-electron chi connectivity index (χ0n) is 24.2. The highest BCUT2D eigenvalue weighted by Gasteiger charge is 2.69. The fourth-order valence-electron chi connectivity index (χ4n) is 11.8. The van der Waals surface area contributed by atoms with Crippen molar-refractivity contribution in [2.24, 2.45) is 56.2 Å². The van der Waals surface area contributed by atoms with Crippen molar-refractivity contribution in [3.05, 3.63) is 0 Å². The summed E-state index contributed by atoms with van der Waals surface area (Å²) in [5, 5.41) is 3.82. The van der Waals surface area contributed by atoms with Gasteiger partial charge in [0.1, 0.15) is 0 Å². The van der Waals surface area contributed by atoms with Crippen LogP contribution < -0.4 is 5.32 Å². The van der Waals surface area contributed by atoms with Crippen LogP contribution in [0.5, 0.6) is 0 Å². The van der Waals surface area contributed by atoms with Crippen molar-refractivity contribution in [2.75, 3.05) is 5.33 Å². The lowest BCUT2D eigenvalue weighted by atomic mass is 9.31. The highest BCUT2D eigenvalue weighted by Crippen LogP contribution is 2.76. The highest BCUT2D eigenvalue weighted by molar-refractivity contribution is 9.09. The Morgan fingerprint density at radius 1 is 0.743 bits per heavy atom. The Morgan fingerprint density at radius 2 is 1.43 bits per heavy atom. The second kappa shape index (κ2) is 8.22. The van der Waals surface area contributed by atoms with E-state index in [0.29, 0.717) is 44.4 Å². The third kappa shape index (κ3) is 3.69. The van der Waals surface area contributed by atoms with E-state index in [4.69, 9.17) is 0 Å². The number of hydrogen-bond donors (Lipinski definition) is 1. The smallest absolute Gasteiger partial charge is 0.230 e. The minimum absolute atomic E-state index is 0.154. The van der Waals surface area contributed by atoms with Crippen LogP contribution in [0.2, 0.25) is 0 Å². The van der Waals surface area contributed by atoms with Gasteiger partial charge in [-0.3, -0.25) is 4.79 Å². The molecule has 1 N–H and O–H groups in total.